The van der Waals surface area contributed by atoms with E-state index in [4.69, 9.17) is 0 Å². The second kappa shape index (κ2) is 5.55. The third-order valence-electron chi connectivity index (χ3n) is 3.67. The molecule has 1 aliphatic heterocycles. The lowest BCUT2D eigenvalue weighted by molar-refractivity contribution is 0.145. The average Bonchev–Trinajstić information content (AvgIpc) is 2.22. The number of nitrogens with one attached hydrogen (secondary N) is 2. The first-order valence-corrected chi connectivity index (χ1v) is 7.82. The van der Waals surface area contributed by atoms with E-state index in [1.165, 1.54) is 18.4 Å². The summed E-state index contributed by atoms with van der Waals surface area (Å²) < 4.78 is 1.15. The predicted octanol–water partition coefficient (Wildman–Crippen LogP) is 3.85. The molecule has 3 heteroatoms. The molecule has 2 nitrogen and oxygen atoms in total. The van der Waals surface area contributed by atoms with Gasteiger partial charge < -0.3 is 10.6 Å². The minimum Gasteiger partial charge on any atom is -0.310 e. The maximum Gasteiger partial charge on any atom is 0.0208 e. The summed E-state index contributed by atoms with van der Waals surface area (Å²) in [4.78, 5) is 0. The highest BCUT2D eigenvalue weighted by molar-refractivity contribution is 9.10. The Hall–Kier alpha value is -0.380. The van der Waals surface area contributed by atoms with E-state index >= 15 is 0 Å². The molecule has 1 saturated heterocycles. The van der Waals surface area contributed by atoms with Gasteiger partial charge in [-0.3, -0.25) is 0 Å². The van der Waals surface area contributed by atoms with E-state index in [1.54, 1.807) is 0 Å². The van der Waals surface area contributed by atoms with Crippen LogP contribution in [0.5, 0.6) is 0 Å². The number of hydrogen-bond donors (Lipinski definition) is 2. The fourth-order valence-electron chi connectivity index (χ4n) is 3.38. The Labute approximate surface area is 125 Å². The van der Waals surface area contributed by atoms with Gasteiger partial charge in [-0.05, 0) is 58.2 Å². The van der Waals surface area contributed by atoms with E-state index in [2.05, 4.69) is 78.5 Å². The molecule has 1 aromatic rings. The van der Waals surface area contributed by atoms with Crippen molar-refractivity contribution in [3.05, 3.63) is 34.3 Å². The van der Waals surface area contributed by atoms with Gasteiger partial charge in [0.05, 0.1) is 0 Å². The lowest BCUT2D eigenvalue weighted by atomic mass is 9.79. The van der Waals surface area contributed by atoms with Crippen LogP contribution >= 0.6 is 15.9 Å². The highest BCUT2D eigenvalue weighted by atomic mass is 79.9. The Balaban J connectivity index is 1.96. The van der Waals surface area contributed by atoms with Gasteiger partial charge in [-0.1, -0.05) is 28.1 Å². The number of benzene rings is 1. The number of halogens is 1. The van der Waals surface area contributed by atoms with E-state index in [1.807, 2.05) is 0 Å². The number of piperidine rings is 1. The Morgan fingerprint density at radius 1 is 1.21 bits per heavy atom. The minimum atomic E-state index is 0.205. The van der Waals surface area contributed by atoms with Gasteiger partial charge >= 0.3 is 0 Å². The molecular formula is C16H25BrN2. The molecule has 0 saturated carbocycles. The Kier molecular flexibility index (Phi) is 4.38. The molecule has 0 aliphatic carbocycles. The van der Waals surface area contributed by atoms with Crippen molar-refractivity contribution in [2.45, 2.75) is 64.2 Å². The van der Waals surface area contributed by atoms with Crippen molar-refractivity contribution in [2.75, 3.05) is 0 Å². The van der Waals surface area contributed by atoms with Crippen molar-refractivity contribution >= 4 is 15.9 Å². The standard InChI is InChI=1S/C16H25BrN2/c1-15(2)9-14(10-16(3,4)19-15)18-11-12-6-5-7-13(17)8-12/h5-8,14,18-19H,9-11H2,1-4H3. The van der Waals surface area contributed by atoms with Crippen molar-refractivity contribution in [3.63, 3.8) is 0 Å². The van der Waals surface area contributed by atoms with E-state index in [0.29, 0.717) is 6.04 Å². The summed E-state index contributed by atoms with van der Waals surface area (Å²) in [5.74, 6) is 0. The molecule has 1 heterocycles. The SMILES string of the molecule is CC1(C)CC(NCc2cccc(Br)c2)CC(C)(C)N1. The smallest absolute Gasteiger partial charge is 0.0208 e. The van der Waals surface area contributed by atoms with E-state index in [9.17, 15) is 0 Å². The van der Waals surface area contributed by atoms with Gasteiger partial charge in [0.2, 0.25) is 0 Å². The molecule has 0 unspecified atom stereocenters. The Morgan fingerprint density at radius 3 is 2.42 bits per heavy atom. The summed E-state index contributed by atoms with van der Waals surface area (Å²) in [5, 5.41) is 7.44. The molecule has 0 bridgehead atoms. The van der Waals surface area contributed by atoms with Gasteiger partial charge in [0, 0.05) is 28.1 Å². The fraction of sp³-hybridized carbons (Fsp3) is 0.625. The van der Waals surface area contributed by atoms with Gasteiger partial charge in [-0.2, -0.15) is 0 Å². The molecule has 0 amide bonds. The molecule has 1 aliphatic rings. The normalized spacial score (nSPS) is 22.4. The van der Waals surface area contributed by atoms with Crippen LogP contribution < -0.4 is 10.6 Å². The zero-order valence-electron chi connectivity index (χ0n) is 12.4. The lowest BCUT2D eigenvalue weighted by Gasteiger charge is -2.46. The fourth-order valence-corrected chi connectivity index (χ4v) is 3.82. The lowest BCUT2D eigenvalue weighted by Crippen LogP contribution is -2.61. The zero-order chi connectivity index (χ0) is 14.1. The van der Waals surface area contributed by atoms with E-state index in [0.717, 1.165) is 11.0 Å². The topological polar surface area (TPSA) is 24.1 Å². The maximum atomic E-state index is 3.72. The molecule has 0 spiro atoms. The van der Waals surface area contributed by atoms with Gasteiger partial charge in [0.25, 0.3) is 0 Å². The molecule has 106 valence electrons. The van der Waals surface area contributed by atoms with Crippen LogP contribution in [0.25, 0.3) is 0 Å². The van der Waals surface area contributed by atoms with Crippen LogP contribution in [0.1, 0.15) is 46.1 Å². The highest BCUT2D eigenvalue weighted by Crippen LogP contribution is 2.28. The molecular weight excluding hydrogens is 300 g/mol. The van der Waals surface area contributed by atoms with Crippen LogP contribution in [-0.2, 0) is 6.54 Å². The van der Waals surface area contributed by atoms with Gasteiger partial charge in [-0.15, -0.1) is 0 Å². The molecule has 0 radical (unpaired) electrons. The summed E-state index contributed by atoms with van der Waals surface area (Å²) in [6, 6.07) is 9.10. The predicted molar refractivity (Wildman–Crippen MR) is 85.3 cm³/mol. The second-order valence-corrected chi connectivity index (χ2v) is 7.92. The Morgan fingerprint density at radius 2 is 1.84 bits per heavy atom. The van der Waals surface area contributed by atoms with Gasteiger partial charge in [-0.25, -0.2) is 0 Å². The first-order chi connectivity index (χ1) is 8.76. The van der Waals surface area contributed by atoms with Crippen LogP contribution in [-0.4, -0.2) is 17.1 Å². The molecule has 2 rings (SSSR count). The highest BCUT2D eigenvalue weighted by Gasteiger charge is 2.37. The summed E-state index contributed by atoms with van der Waals surface area (Å²) >= 11 is 3.53. The quantitative estimate of drug-likeness (QED) is 0.882. The molecule has 1 aromatic carbocycles. The van der Waals surface area contributed by atoms with Crippen LogP contribution in [0, 0.1) is 0 Å². The average molecular weight is 325 g/mol. The second-order valence-electron chi connectivity index (χ2n) is 7.01. The van der Waals surface area contributed by atoms with Gasteiger partial charge in [0.15, 0.2) is 0 Å². The first kappa shape index (κ1) is 15.0. The van der Waals surface area contributed by atoms with Crippen LogP contribution in [0.2, 0.25) is 0 Å². The van der Waals surface area contributed by atoms with E-state index < -0.39 is 0 Å². The number of hydrogen-bond acceptors (Lipinski definition) is 2. The van der Waals surface area contributed by atoms with Crippen molar-refractivity contribution in [1.82, 2.24) is 10.6 Å². The zero-order valence-corrected chi connectivity index (χ0v) is 14.0. The first-order valence-electron chi connectivity index (χ1n) is 7.03. The van der Waals surface area contributed by atoms with Crippen LogP contribution in [0.3, 0.4) is 0 Å². The third kappa shape index (κ3) is 4.59. The minimum absolute atomic E-state index is 0.205. The van der Waals surface area contributed by atoms with Crippen molar-refractivity contribution in [3.8, 4) is 0 Å². The summed E-state index contributed by atoms with van der Waals surface area (Å²) in [7, 11) is 0. The van der Waals surface area contributed by atoms with Gasteiger partial charge in [0.1, 0.15) is 0 Å². The van der Waals surface area contributed by atoms with Crippen molar-refractivity contribution in [1.29, 1.82) is 0 Å². The van der Waals surface area contributed by atoms with Crippen molar-refractivity contribution < 1.29 is 0 Å². The summed E-state index contributed by atoms with van der Waals surface area (Å²) in [6.07, 6.45) is 2.34. The molecule has 0 atom stereocenters. The molecule has 2 N–H and O–H groups in total. The monoisotopic (exact) mass is 324 g/mol. The number of rotatable bonds is 3. The third-order valence-corrected chi connectivity index (χ3v) is 4.17. The van der Waals surface area contributed by atoms with Crippen LogP contribution in [0.15, 0.2) is 28.7 Å². The summed E-state index contributed by atoms with van der Waals surface area (Å²) in [5.41, 5.74) is 1.75. The Bertz CT molecular complexity index is 424. The van der Waals surface area contributed by atoms with E-state index in [-0.39, 0.29) is 11.1 Å². The van der Waals surface area contributed by atoms with Crippen LogP contribution in [0.4, 0.5) is 0 Å². The largest absolute Gasteiger partial charge is 0.310 e. The summed E-state index contributed by atoms with van der Waals surface area (Å²) in [6.45, 7) is 10.1. The molecule has 19 heavy (non-hydrogen) atoms. The van der Waals surface area contributed by atoms with Crippen molar-refractivity contribution in [2.24, 2.45) is 0 Å². The maximum absolute atomic E-state index is 3.72. The molecule has 0 aromatic heterocycles. The molecule has 1 fully saturated rings.